The molecule has 2 aromatic carbocycles. The predicted molar refractivity (Wildman–Crippen MR) is 132 cm³/mol. The Labute approximate surface area is 198 Å². The van der Waals surface area contributed by atoms with Crippen molar-refractivity contribution in [3.05, 3.63) is 88.8 Å². The quantitative estimate of drug-likeness (QED) is 0.325. The van der Waals surface area contributed by atoms with Crippen LogP contribution in [-0.4, -0.2) is 45.4 Å². The Morgan fingerprint density at radius 3 is 2.12 bits per heavy atom. The Hall–Kier alpha value is -3.71. The number of hydrogen-bond donors (Lipinski definition) is 0. The Morgan fingerprint density at radius 1 is 0.909 bits per heavy atom. The van der Waals surface area contributed by atoms with Crippen molar-refractivity contribution in [2.75, 3.05) is 14.1 Å². The number of carbonyl (C=O) groups excluding carboxylic acids is 2. The number of rotatable bonds is 5. The van der Waals surface area contributed by atoms with E-state index in [1.807, 2.05) is 74.5 Å². The van der Waals surface area contributed by atoms with Crippen LogP contribution >= 0.6 is 12.2 Å². The van der Waals surface area contributed by atoms with Crippen LogP contribution in [0.1, 0.15) is 22.5 Å². The van der Waals surface area contributed by atoms with Gasteiger partial charge in [-0.3, -0.25) is 19.4 Å². The molecule has 0 radical (unpaired) electrons. The summed E-state index contributed by atoms with van der Waals surface area (Å²) in [4.78, 5) is 28.0. The van der Waals surface area contributed by atoms with E-state index in [1.165, 1.54) is 9.80 Å². The van der Waals surface area contributed by atoms with Crippen LogP contribution in [0.2, 0.25) is 0 Å². The molecule has 6 nitrogen and oxygen atoms in total. The van der Waals surface area contributed by atoms with Crippen LogP contribution in [-0.2, 0) is 16.2 Å². The first-order valence-corrected chi connectivity index (χ1v) is 11.0. The molecule has 4 rings (SSSR count). The summed E-state index contributed by atoms with van der Waals surface area (Å²) in [6.45, 7) is 4.47. The fourth-order valence-corrected chi connectivity index (χ4v) is 4.06. The lowest BCUT2D eigenvalue weighted by molar-refractivity contribution is -0.132. The van der Waals surface area contributed by atoms with Crippen LogP contribution in [0.5, 0.6) is 5.75 Å². The van der Waals surface area contributed by atoms with Gasteiger partial charge < -0.3 is 9.30 Å². The van der Waals surface area contributed by atoms with Crippen molar-refractivity contribution in [1.29, 1.82) is 0 Å². The van der Waals surface area contributed by atoms with Crippen molar-refractivity contribution in [3.8, 4) is 11.4 Å². The summed E-state index contributed by atoms with van der Waals surface area (Å²) in [6.07, 6.45) is 1.65. The molecule has 1 aliphatic rings. The van der Waals surface area contributed by atoms with Crippen molar-refractivity contribution >= 4 is 35.2 Å². The second-order valence-corrected chi connectivity index (χ2v) is 8.36. The molecule has 1 aromatic heterocycles. The normalized spacial score (nSPS) is 14.2. The lowest BCUT2D eigenvalue weighted by Gasteiger charge is -2.31. The van der Waals surface area contributed by atoms with E-state index in [-0.39, 0.29) is 10.7 Å². The van der Waals surface area contributed by atoms with Crippen molar-refractivity contribution in [3.63, 3.8) is 0 Å². The van der Waals surface area contributed by atoms with Crippen LogP contribution in [0.3, 0.4) is 0 Å². The number of aryl methyl sites for hydroxylation is 1. The van der Waals surface area contributed by atoms with Gasteiger partial charge in [0.1, 0.15) is 17.9 Å². The monoisotopic (exact) mass is 459 g/mol. The van der Waals surface area contributed by atoms with Gasteiger partial charge in [0.05, 0.1) is 0 Å². The first kappa shape index (κ1) is 22.5. The summed E-state index contributed by atoms with van der Waals surface area (Å²) in [7, 11) is 3.15. The van der Waals surface area contributed by atoms with Gasteiger partial charge in [-0.15, -0.1) is 0 Å². The maximum Gasteiger partial charge on any atom is 0.265 e. The number of amides is 2. The molecule has 1 fully saturated rings. The fraction of sp³-hybridized carbons (Fsp3) is 0.192. The number of ether oxygens (including phenoxy) is 1. The van der Waals surface area contributed by atoms with E-state index in [0.717, 1.165) is 34.0 Å². The summed E-state index contributed by atoms with van der Waals surface area (Å²) < 4.78 is 7.97. The molecule has 2 heterocycles. The van der Waals surface area contributed by atoms with Crippen molar-refractivity contribution in [2.45, 2.75) is 20.5 Å². The molecular weight excluding hydrogens is 434 g/mol. The zero-order valence-corrected chi connectivity index (χ0v) is 19.8. The van der Waals surface area contributed by atoms with Gasteiger partial charge in [0.25, 0.3) is 11.8 Å². The highest BCUT2D eigenvalue weighted by molar-refractivity contribution is 7.80. The highest BCUT2D eigenvalue weighted by atomic mass is 32.1. The standard InChI is InChI=1S/C26H25N3O3S/c1-17-14-20(15-23-24(30)27(3)26(33)28(4)25(23)31)18(2)29(17)21-10-12-22(13-11-21)32-16-19-8-6-5-7-9-19/h5-15H,16H2,1-4H3. The van der Waals surface area contributed by atoms with Crippen molar-refractivity contribution in [2.24, 2.45) is 0 Å². The molecule has 0 saturated carbocycles. The van der Waals surface area contributed by atoms with Gasteiger partial charge in [-0.25, -0.2) is 0 Å². The van der Waals surface area contributed by atoms with Crippen molar-refractivity contribution in [1.82, 2.24) is 14.4 Å². The summed E-state index contributed by atoms with van der Waals surface area (Å²) in [5, 5.41) is 0.196. The minimum Gasteiger partial charge on any atom is -0.489 e. The molecule has 0 spiro atoms. The van der Waals surface area contributed by atoms with Gasteiger partial charge in [0.15, 0.2) is 5.11 Å². The largest absolute Gasteiger partial charge is 0.489 e. The SMILES string of the molecule is Cc1cc(C=C2C(=O)N(C)C(=S)N(C)C2=O)c(C)n1-c1ccc(OCc2ccccc2)cc1. The minimum atomic E-state index is -0.396. The van der Waals surface area contributed by atoms with E-state index in [9.17, 15) is 9.59 Å². The average Bonchev–Trinajstić information content (AvgIpc) is 3.11. The highest BCUT2D eigenvalue weighted by Crippen LogP contribution is 2.26. The number of carbonyl (C=O) groups is 2. The number of likely N-dealkylation sites (N-methyl/N-ethyl adjacent to an activating group) is 2. The predicted octanol–water partition coefficient (Wildman–Crippen LogP) is 4.27. The van der Waals surface area contributed by atoms with Gasteiger partial charge in [-0.2, -0.15) is 0 Å². The number of aromatic nitrogens is 1. The highest BCUT2D eigenvalue weighted by Gasteiger charge is 2.35. The zero-order chi connectivity index (χ0) is 23.7. The molecular formula is C26H25N3O3S. The molecule has 2 amide bonds. The Balaban J connectivity index is 1.59. The first-order chi connectivity index (χ1) is 15.8. The van der Waals surface area contributed by atoms with Crippen LogP contribution in [0.25, 0.3) is 11.8 Å². The Kier molecular flexibility index (Phi) is 6.16. The summed E-state index contributed by atoms with van der Waals surface area (Å²) >= 11 is 5.16. The third kappa shape index (κ3) is 4.32. The van der Waals surface area contributed by atoms with Gasteiger partial charge in [-0.05, 0) is 73.6 Å². The van der Waals surface area contributed by atoms with E-state index in [0.29, 0.717) is 6.61 Å². The molecule has 0 N–H and O–H groups in total. The smallest absolute Gasteiger partial charge is 0.265 e. The second-order valence-electron chi connectivity index (χ2n) is 8.00. The molecule has 7 heteroatoms. The van der Waals surface area contributed by atoms with E-state index in [4.69, 9.17) is 17.0 Å². The third-order valence-corrected chi connectivity index (χ3v) is 6.31. The summed E-state index contributed by atoms with van der Waals surface area (Å²) in [5.74, 6) is -0.00603. The minimum absolute atomic E-state index is 0.0958. The molecule has 3 aromatic rings. The van der Waals surface area contributed by atoms with Crippen molar-refractivity contribution < 1.29 is 14.3 Å². The lowest BCUT2D eigenvalue weighted by Crippen LogP contribution is -2.52. The Bertz CT molecular complexity index is 1230. The Morgan fingerprint density at radius 2 is 1.52 bits per heavy atom. The van der Waals surface area contributed by atoms with E-state index in [1.54, 1.807) is 20.2 Å². The number of nitrogens with zero attached hydrogens (tertiary/aromatic N) is 3. The van der Waals surface area contributed by atoms with Crippen LogP contribution in [0.4, 0.5) is 0 Å². The maximum atomic E-state index is 12.7. The van der Waals surface area contributed by atoms with E-state index in [2.05, 4.69) is 4.57 Å². The summed E-state index contributed by atoms with van der Waals surface area (Å²) in [6, 6.07) is 19.9. The molecule has 0 aliphatic carbocycles. The number of hydrogen-bond acceptors (Lipinski definition) is 4. The number of thiocarbonyl (C=S) groups is 1. The number of benzene rings is 2. The van der Waals surface area contributed by atoms with Crippen LogP contribution in [0.15, 0.2) is 66.2 Å². The molecule has 0 atom stereocenters. The molecule has 168 valence electrons. The molecule has 0 unspecified atom stereocenters. The van der Waals surface area contributed by atoms with Gasteiger partial charge in [0, 0.05) is 31.2 Å². The first-order valence-electron chi connectivity index (χ1n) is 10.6. The molecule has 1 saturated heterocycles. The van der Waals surface area contributed by atoms with E-state index >= 15 is 0 Å². The van der Waals surface area contributed by atoms with Gasteiger partial charge >= 0.3 is 0 Å². The van der Waals surface area contributed by atoms with Crippen LogP contribution < -0.4 is 4.74 Å². The van der Waals surface area contributed by atoms with Gasteiger partial charge in [0.2, 0.25) is 0 Å². The average molecular weight is 460 g/mol. The topological polar surface area (TPSA) is 54.8 Å². The third-order valence-electron chi connectivity index (χ3n) is 5.76. The zero-order valence-electron chi connectivity index (χ0n) is 19.0. The maximum absolute atomic E-state index is 12.7. The second kappa shape index (κ2) is 9.03. The van der Waals surface area contributed by atoms with Gasteiger partial charge in [-0.1, -0.05) is 30.3 Å². The lowest BCUT2D eigenvalue weighted by atomic mass is 10.1. The van der Waals surface area contributed by atoms with Crippen LogP contribution in [0, 0.1) is 13.8 Å². The van der Waals surface area contributed by atoms with E-state index < -0.39 is 11.8 Å². The fourth-order valence-electron chi connectivity index (χ4n) is 3.89. The summed E-state index contributed by atoms with van der Waals surface area (Å²) in [5.41, 5.74) is 4.91. The molecule has 1 aliphatic heterocycles. The molecule has 33 heavy (non-hydrogen) atoms. The molecule has 0 bridgehead atoms.